The van der Waals surface area contributed by atoms with Crippen LogP contribution in [0.2, 0.25) is 20.1 Å². The maximum absolute atomic E-state index is 6.01. The van der Waals surface area contributed by atoms with Crippen LogP contribution in [-0.4, -0.2) is 9.97 Å². The van der Waals surface area contributed by atoms with E-state index in [1.165, 1.54) is 22.3 Å². The molecule has 0 aliphatic rings. The Balaban J connectivity index is 0.000000344. The van der Waals surface area contributed by atoms with E-state index < -0.39 is 0 Å². The highest BCUT2D eigenvalue weighted by Gasteiger charge is 2.18. The quantitative estimate of drug-likeness (QED) is 0.155. The summed E-state index contributed by atoms with van der Waals surface area (Å²) < 4.78 is 0. The summed E-state index contributed by atoms with van der Waals surface area (Å²) in [5, 5.41) is 3.23. The number of aromatic nitrogens is 2. The fourth-order valence-electron chi connectivity index (χ4n) is 4.99. The second-order valence-electron chi connectivity index (χ2n) is 18.8. The van der Waals surface area contributed by atoms with Crippen LogP contribution in [0.15, 0.2) is 110 Å². The van der Waals surface area contributed by atoms with Gasteiger partial charge in [0.05, 0.1) is 5.02 Å². The molecular weight excluding hydrogens is 758 g/mol. The van der Waals surface area contributed by atoms with Crippen molar-refractivity contribution >= 4 is 46.4 Å². The summed E-state index contributed by atoms with van der Waals surface area (Å²) in [4.78, 5) is 7.95. The Bertz CT molecular complexity index is 1730. The first-order valence-corrected chi connectivity index (χ1v) is 20.3. The molecule has 0 fully saturated rings. The number of rotatable bonds is 0. The first-order valence-electron chi connectivity index (χ1n) is 18.8. The van der Waals surface area contributed by atoms with Crippen molar-refractivity contribution in [3.63, 3.8) is 0 Å². The Labute approximate surface area is 355 Å². The molecule has 0 amide bonds. The maximum atomic E-state index is 6.01. The van der Waals surface area contributed by atoms with Gasteiger partial charge in [0.25, 0.3) is 0 Å². The molecule has 3 aromatic carbocycles. The topological polar surface area (TPSA) is 25.8 Å². The smallest absolute Gasteiger partial charge is 0.0626 e. The fourth-order valence-corrected chi connectivity index (χ4v) is 6.39. The summed E-state index contributed by atoms with van der Waals surface area (Å²) in [5.74, 6) is 0. The summed E-state index contributed by atoms with van der Waals surface area (Å²) >= 11 is 23.8. The zero-order chi connectivity index (χ0) is 42.4. The second-order valence-corrected chi connectivity index (χ2v) is 20.5. The van der Waals surface area contributed by atoms with E-state index in [0.717, 1.165) is 31.2 Å². The van der Waals surface area contributed by atoms with Crippen LogP contribution in [0.3, 0.4) is 0 Å². The maximum Gasteiger partial charge on any atom is 0.0626 e. The van der Waals surface area contributed by atoms with Crippen molar-refractivity contribution in [1.82, 2.24) is 9.97 Å². The largest absolute Gasteiger partial charge is 0.264 e. The van der Waals surface area contributed by atoms with E-state index in [4.69, 9.17) is 46.4 Å². The summed E-state index contributed by atoms with van der Waals surface area (Å²) in [6.45, 7) is 34.6. The third-order valence-electron chi connectivity index (χ3n) is 8.45. The molecule has 0 atom stereocenters. The molecule has 300 valence electrons. The Hall–Kier alpha value is -2.88. The molecule has 0 radical (unpaired) electrons. The highest BCUT2D eigenvalue weighted by atomic mass is 35.5. The van der Waals surface area contributed by atoms with Gasteiger partial charge in [-0.05, 0) is 92.1 Å². The number of hydrogen-bond donors (Lipinski definition) is 0. The molecule has 0 unspecified atom stereocenters. The first-order chi connectivity index (χ1) is 25.0. The minimum atomic E-state index is 0.0886. The van der Waals surface area contributed by atoms with Crippen LogP contribution >= 0.6 is 46.4 Å². The van der Waals surface area contributed by atoms with Crippen LogP contribution in [0.25, 0.3) is 0 Å². The van der Waals surface area contributed by atoms with Crippen molar-refractivity contribution < 1.29 is 0 Å². The average molecular weight is 825 g/mol. The average Bonchev–Trinajstić information content (AvgIpc) is 3.04. The van der Waals surface area contributed by atoms with Gasteiger partial charge in [0.1, 0.15) is 0 Å². The monoisotopic (exact) mass is 822 g/mol. The molecule has 0 aliphatic heterocycles. The highest BCUT2D eigenvalue weighted by Crippen LogP contribution is 2.30. The van der Waals surface area contributed by atoms with Gasteiger partial charge in [-0.15, -0.1) is 0 Å². The van der Waals surface area contributed by atoms with Crippen LogP contribution < -0.4 is 0 Å². The minimum absolute atomic E-state index is 0.0886. The highest BCUT2D eigenvalue weighted by molar-refractivity contribution is 6.32. The van der Waals surface area contributed by atoms with Gasteiger partial charge in [-0.2, -0.15) is 0 Å². The third kappa shape index (κ3) is 19.2. The minimum Gasteiger partial charge on any atom is -0.264 e. The van der Waals surface area contributed by atoms with E-state index in [0.29, 0.717) is 0 Å². The molecular formula is C49H66Cl4N2. The Morgan fingerprint density at radius 2 is 0.836 bits per heavy atom. The normalized spacial score (nSPS) is 11.6. The van der Waals surface area contributed by atoms with Crippen LogP contribution in [0.4, 0.5) is 0 Å². The van der Waals surface area contributed by atoms with Crippen molar-refractivity contribution in [3.8, 4) is 0 Å². The van der Waals surface area contributed by atoms with Gasteiger partial charge >= 0.3 is 0 Å². The number of nitrogens with zero attached hydrogens (tertiary/aromatic N) is 2. The van der Waals surface area contributed by atoms with Gasteiger partial charge in [0.2, 0.25) is 0 Å². The Morgan fingerprint density at radius 1 is 0.382 bits per heavy atom. The molecule has 0 N–H and O–H groups in total. The van der Waals surface area contributed by atoms with Crippen molar-refractivity contribution in [2.75, 3.05) is 0 Å². The molecule has 55 heavy (non-hydrogen) atoms. The summed E-state index contributed by atoms with van der Waals surface area (Å²) in [6.07, 6.45) is 6.98. The van der Waals surface area contributed by atoms with Crippen LogP contribution in [0.1, 0.15) is 137 Å². The van der Waals surface area contributed by atoms with Gasteiger partial charge in [0, 0.05) is 39.9 Å². The summed E-state index contributed by atoms with van der Waals surface area (Å²) in [6, 6.07) is 28.5. The van der Waals surface area contributed by atoms with E-state index in [1.54, 1.807) is 18.6 Å². The lowest BCUT2D eigenvalue weighted by Gasteiger charge is -2.19. The Morgan fingerprint density at radius 3 is 1.20 bits per heavy atom. The molecule has 0 saturated carbocycles. The molecule has 2 heterocycles. The number of halogens is 4. The van der Waals surface area contributed by atoms with Crippen molar-refractivity contribution in [1.29, 1.82) is 0 Å². The number of aryl methyl sites for hydroxylation is 1. The van der Waals surface area contributed by atoms with Crippen LogP contribution in [0, 0.1) is 6.92 Å². The molecule has 2 nitrogen and oxygen atoms in total. The van der Waals surface area contributed by atoms with Crippen molar-refractivity contribution in [2.24, 2.45) is 0 Å². The van der Waals surface area contributed by atoms with Crippen LogP contribution in [0.5, 0.6) is 0 Å². The molecule has 6 heteroatoms. The third-order valence-corrected chi connectivity index (χ3v) is 9.64. The standard InChI is InChI=1S/C11H16.2C10H13Cl.2C9H12ClN/c1-9-5-7-10(8-6-9)11(2,3)4;1-10(2,3)8-5-4-6-9(11)7-8;1-10(2,3)8-6-4-5-7-9(8)11;1-9(2,3)7-6-11-5-4-8(7)10;1-9(2,3)7-4-5-11-6-8(7)10/h5-8H,1-4H3;2*4-7H,1-3H3;2*4-6H,1-3H3. The molecule has 0 bridgehead atoms. The van der Waals surface area contributed by atoms with E-state index >= 15 is 0 Å². The van der Waals surface area contributed by atoms with Crippen molar-refractivity contribution in [3.05, 3.63) is 163 Å². The summed E-state index contributed by atoms with van der Waals surface area (Å²) in [5.41, 5.74) is 8.31. The zero-order valence-electron chi connectivity index (χ0n) is 36.3. The van der Waals surface area contributed by atoms with Gasteiger partial charge in [-0.3, -0.25) is 9.97 Å². The number of benzene rings is 3. The van der Waals surface area contributed by atoms with E-state index in [-0.39, 0.29) is 27.1 Å². The van der Waals surface area contributed by atoms with Crippen molar-refractivity contribution in [2.45, 2.75) is 138 Å². The summed E-state index contributed by atoms with van der Waals surface area (Å²) in [7, 11) is 0. The molecule has 2 aromatic heterocycles. The van der Waals surface area contributed by atoms with Crippen LogP contribution in [-0.2, 0) is 27.1 Å². The first kappa shape index (κ1) is 50.1. The van der Waals surface area contributed by atoms with E-state index in [2.05, 4.69) is 157 Å². The second kappa shape index (κ2) is 21.6. The fraction of sp³-hybridized carbons (Fsp3) is 0.429. The zero-order valence-corrected chi connectivity index (χ0v) is 39.3. The lowest BCUT2D eigenvalue weighted by Crippen LogP contribution is -2.11. The van der Waals surface area contributed by atoms with Gasteiger partial charge in [0.15, 0.2) is 0 Å². The molecule has 0 saturated heterocycles. The van der Waals surface area contributed by atoms with E-state index in [9.17, 15) is 0 Å². The van der Waals surface area contributed by atoms with E-state index in [1.807, 2.05) is 54.7 Å². The predicted molar refractivity (Wildman–Crippen MR) is 246 cm³/mol. The number of hydrogen-bond acceptors (Lipinski definition) is 2. The van der Waals surface area contributed by atoms with Gasteiger partial charge in [-0.1, -0.05) is 210 Å². The molecule has 0 aliphatic carbocycles. The molecule has 0 spiro atoms. The van der Waals surface area contributed by atoms with Gasteiger partial charge in [-0.25, -0.2) is 0 Å². The molecule has 5 rings (SSSR count). The lowest BCUT2D eigenvalue weighted by molar-refractivity contribution is 0.587. The lowest BCUT2D eigenvalue weighted by atomic mass is 9.87. The molecule has 5 aromatic rings. The Kier molecular flexibility index (Phi) is 19.7. The van der Waals surface area contributed by atoms with Gasteiger partial charge < -0.3 is 0 Å². The predicted octanol–water partition coefficient (Wildman–Crippen LogP) is 16.6. The SMILES string of the molecule is CC(C)(C)c1cccc(Cl)c1.CC(C)(C)c1ccccc1Cl.CC(C)(C)c1ccncc1Cl.CC(C)(C)c1cnccc1Cl.Cc1ccc(C(C)(C)C)cc1. The number of pyridine rings is 2.